The van der Waals surface area contributed by atoms with Crippen LogP contribution >= 0.6 is 11.3 Å². The van der Waals surface area contributed by atoms with Crippen LogP contribution in [0.1, 0.15) is 28.3 Å². The molecule has 0 aromatic carbocycles. The van der Waals surface area contributed by atoms with E-state index in [1.807, 2.05) is 11.8 Å². The third-order valence-electron chi connectivity index (χ3n) is 3.83. The van der Waals surface area contributed by atoms with Crippen molar-refractivity contribution in [2.45, 2.75) is 33.6 Å². The van der Waals surface area contributed by atoms with E-state index in [9.17, 15) is 10.4 Å². The molecule has 1 N–H and O–H groups in total. The lowest BCUT2D eigenvalue weighted by atomic mass is 10.2. The fraction of sp³-hybridized carbons (Fsp3) is 0.533. The SMILES string of the molecule is CCOc1nc(C)nc(N2CCc3nc(C)sc3CC2)c1N([O-])O. The monoisotopic (exact) mass is 350 g/mol. The van der Waals surface area contributed by atoms with E-state index in [0.29, 0.717) is 31.3 Å². The Kier molecular flexibility index (Phi) is 4.83. The van der Waals surface area contributed by atoms with Crippen LogP contribution in [0.15, 0.2) is 0 Å². The number of anilines is 2. The number of nitrogens with zero attached hydrogens (tertiary/aromatic N) is 5. The first kappa shape index (κ1) is 16.9. The zero-order chi connectivity index (χ0) is 17.3. The van der Waals surface area contributed by atoms with E-state index in [1.54, 1.807) is 25.2 Å². The molecule has 24 heavy (non-hydrogen) atoms. The topological polar surface area (TPSA) is 97.7 Å². The van der Waals surface area contributed by atoms with Crippen molar-refractivity contribution in [1.29, 1.82) is 0 Å². The van der Waals surface area contributed by atoms with Crippen LogP contribution in [-0.2, 0) is 12.8 Å². The Balaban J connectivity index is 1.95. The molecule has 0 aliphatic carbocycles. The van der Waals surface area contributed by atoms with E-state index in [2.05, 4.69) is 15.0 Å². The molecule has 0 saturated carbocycles. The number of aryl methyl sites for hydroxylation is 2. The lowest BCUT2D eigenvalue weighted by molar-refractivity contribution is 0.279. The van der Waals surface area contributed by atoms with Crippen LogP contribution in [0.2, 0.25) is 0 Å². The Morgan fingerprint density at radius 3 is 2.71 bits per heavy atom. The summed E-state index contributed by atoms with van der Waals surface area (Å²) in [7, 11) is 0. The average molecular weight is 350 g/mol. The minimum Gasteiger partial charge on any atom is -0.733 e. The fourth-order valence-corrected chi connectivity index (χ4v) is 3.83. The molecule has 9 heteroatoms. The Morgan fingerprint density at radius 2 is 2.00 bits per heavy atom. The maximum Gasteiger partial charge on any atom is 0.244 e. The molecule has 0 unspecified atom stereocenters. The predicted molar refractivity (Wildman–Crippen MR) is 92.0 cm³/mol. The number of ether oxygens (including phenoxy) is 1. The van der Waals surface area contributed by atoms with Gasteiger partial charge in [0.2, 0.25) is 5.88 Å². The number of hydrogen-bond donors (Lipinski definition) is 1. The van der Waals surface area contributed by atoms with Crippen LogP contribution in [-0.4, -0.2) is 39.9 Å². The van der Waals surface area contributed by atoms with Crippen LogP contribution in [0.4, 0.5) is 11.5 Å². The molecule has 0 atom stereocenters. The number of aromatic nitrogens is 3. The summed E-state index contributed by atoms with van der Waals surface area (Å²) >= 11 is 1.71. The van der Waals surface area contributed by atoms with Gasteiger partial charge in [-0.25, -0.2) is 9.97 Å². The summed E-state index contributed by atoms with van der Waals surface area (Å²) in [6.45, 7) is 7.25. The molecule has 0 saturated heterocycles. The summed E-state index contributed by atoms with van der Waals surface area (Å²) in [5.74, 6) is 0.993. The highest BCUT2D eigenvalue weighted by Crippen LogP contribution is 2.36. The molecule has 130 valence electrons. The second-order valence-electron chi connectivity index (χ2n) is 5.54. The van der Waals surface area contributed by atoms with Crippen molar-refractivity contribution in [1.82, 2.24) is 15.0 Å². The van der Waals surface area contributed by atoms with Crippen molar-refractivity contribution in [2.24, 2.45) is 0 Å². The minimum atomic E-state index is -0.206. The van der Waals surface area contributed by atoms with Gasteiger partial charge >= 0.3 is 0 Å². The molecular weight excluding hydrogens is 330 g/mol. The van der Waals surface area contributed by atoms with Crippen molar-refractivity contribution >= 4 is 22.8 Å². The van der Waals surface area contributed by atoms with Crippen LogP contribution in [0.25, 0.3) is 0 Å². The van der Waals surface area contributed by atoms with Crippen LogP contribution in [0.3, 0.4) is 0 Å². The van der Waals surface area contributed by atoms with E-state index >= 15 is 0 Å². The highest BCUT2D eigenvalue weighted by molar-refractivity contribution is 7.11. The Hall–Kier alpha value is -1.97. The normalized spacial score (nSPS) is 14.3. The molecule has 8 nitrogen and oxygen atoms in total. The van der Waals surface area contributed by atoms with Crippen LogP contribution in [0, 0.1) is 19.1 Å². The average Bonchev–Trinajstić information content (AvgIpc) is 2.75. The number of thiazole rings is 1. The van der Waals surface area contributed by atoms with Gasteiger partial charge in [-0.1, -0.05) is 0 Å². The highest BCUT2D eigenvalue weighted by atomic mass is 32.1. The van der Waals surface area contributed by atoms with Gasteiger partial charge in [-0.3, -0.25) is 5.21 Å². The zero-order valence-corrected chi connectivity index (χ0v) is 14.8. The molecule has 0 spiro atoms. The van der Waals surface area contributed by atoms with Gasteiger partial charge in [0.25, 0.3) is 0 Å². The molecule has 1 aliphatic rings. The maximum atomic E-state index is 11.7. The predicted octanol–water partition coefficient (Wildman–Crippen LogP) is 2.25. The van der Waals surface area contributed by atoms with E-state index in [-0.39, 0.29) is 16.8 Å². The van der Waals surface area contributed by atoms with Gasteiger partial charge in [0.15, 0.2) is 11.5 Å². The number of rotatable bonds is 4. The molecule has 0 amide bonds. The third kappa shape index (κ3) is 3.28. The molecule has 3 rings (SSSR count). The quantitative estimate of drug-likeness (QED) is 0.839. The first-order valence-corrected chi connectivity index (χ1v) is 8.69. The largest absolute Gasteiger partial charge is 0.733 e. The third-order valence-corrected chi connectivity index (χ3v) is 4.90. The van der Waals surface area contributed by atoms with E-state index < -0.39 is 0 Å². The second kappa shape index (κ2) is 6.88. The van der Waals surface area contributed by atoms with Gasteiger partial charge in [0.1, 0.15) is 5.82 Å². The summed E-state index contributed by atoms with van der Waals surface area (Å²) in [5.41, 5.74) is 1.07. The van der Waals surface area contributed by atoms with Gasteiger partial charge in [-0.05, 0) is 20.8 Å². The Morgan fingerprint density at radius 1 is 1.25 bits per heavy atom. The smallest absolute Gasteiger partial charge is 0.244 e. The molecular formula is C15H20N5O3S-. The first-order valence-electron chi connectivity index (χ1n) is 7.87. The number of fused-ring (bicyclic) bond motifs is 1. The molecule has 2 aromatic heterocycles. The Labute approximate surface area is 144 Å². The van der Waals surface area contributed by atoms with Crippen molar-refractivity contribution in [3.8, 4) is 5.88 Å². The summed E-state index contributed by atoms with van der Waals surface area (Å²) in [6.07, 6.45) is 1.61. The Bertz CT molecular complexity index is 709. The molecule has 0 bridgehead atoms. The highest BCUT2D eigenvalue weighted by Gasteiger charge is 2.24. The summed E-state index contributed by atoms with van der Waals surface area (Å²) in [6, 6.07) is 0. The van der Waals surface area contributed by atoms with Crippen molar-refractivity contribution < 1.29 is 9.94 Å². The van der Waals surface area contributed by atoms with Crippen LogP contribution in [0.5, 0.6) is 5.88 Å². The van der Waals surface area contributed by atoms with Crippen molar-refractivity contribution in [3.05, 3.63) is 26.6 Å². The first-order chi connectivity index (χ1) is 11.5. The number of hydrogen-bond acceptors (Lipinski definition) is 9. The lowest BCUT2D eigenvalue weighted by Gasteiger charge is -2.31. The van der Waals surface area contributed by atoms with E-state index in [0.717, 1.165) is 23.5 Å². The molecule has 3 heterocycles. The summed E-state index contributed by atoms with van der Waals surface area (Å²) in [4.78, 5) is 16.3. The van der Waals surface area contributed by atoms with Crippen molar-refractivity contribution in [2.75, 3.05) is 29.8 Å². The second-order valence-corrected chi connectivity index (χ2v) is 6.83. The zero-order valence-electron chi connectivity index (χ0n) is 13.9. The van der Waals surface area contributed by atoms with E-state index in [4.69, 9.17) is 4.74 Å². The van der Waals surface area contributed by atoms with Gasteiger partial charge in [0.05, 0.1) is 17.3 Å². The molecule has 0 fully saturated rings. The minimum absolute atomic E-state index is 0.0446. The standard InChI is InChI=1S/C15H20N5O3S/c1-4-23-15-13(20(21)22)14(16-9(2)17-15)19-7-5-11-12(6-8-19)24-10(3)18-11/h21H,4-8H2,1-3H3/q-1. The van der Waals surface area contributed by atoms with Gasteiger partial charge in [-0.2, -0.15) is 4.98 Å². The summed E-state index contributed by atoms with van der Waals surface area (Å²) < 4.78 is 5.41. The molecule has 0 radical (unpaired) electrons. The lowest BCUT2D eigenvalue weighted by Crippen LogP contribution is -2.30. The van der Waals surface area contributed by atoms with Crippen molar-refractivity contribution in [3.63, 3.8) is 0 Å². The summed E-state index contributed by atoms with van der Waals surface area (Å²) in [5, 5.41) is 22.1. The fourth-order valence-electron chi connectivity index (χ4n) is 2.86. The van der Waals surface area contributed by atoms with Gasteiger partial charge in [0, 0.05) is 30.8 Å². The maximum absolute atomic E-state index is 11.7. The molecule has 2 aromatic rings. The van der Waals surface area contributed by atoms with Gasteiger partial charge in [-0.15, -0.1) is 11.3 Å². The van der Waals surface area contributed by atoms with E-state index in [1.165, 1.54) is 4.88 Å². The van der Waals surface area contributed by atoms with Crippen LogP contribution < -0.4 is 14.9 Å². The molecule has 1 aliphatic heterocycles. The van der Waals surface area contributed by atoms with Gasteiger partial charge < -0.3 is 20.1 Å².